The summed E-state index contributed by atoms with van der Waals surface area (Å²) < 4.78 is 7.52. The van der Waals surface area contributed by atoms with Crippen molar-refractivity contribution < 1.29 is 4.74 Å². The number of ether oxygens (including phenoxy) is 1. The van der Waals surface area contributed by atoms with Crippen LogP contribution in [0.25, 0.3) is 5.69 Å². The summed E-state index contributed by atoms with van der Waals surface area (Å²) in [7, 11) is 1.68. The molecule has 2 atom stereocenters. The molecule has 0 aliphatic carbocycles. The van der Waals surface area contributed by atoms with Crippen molar-refractivity contribution in [3.63, 3.8) is 0 Å². The molecule has 0 unspecified atom stereocenters. The Bertz CT molecular complexity index is 939. The van der Waals surface area contributed by atoms with Gasteiger partial charge in [0.2, 0.25) is 0 Å². The van der Waals surface area contributed by atoms with E-state index in [1.165, 1.54) is 5.69 Å². The maximum Gasteiger partial charge on any atom is 0.170 e. The molecule has 3 aromatic rings. The van der Waals surface area contributed by atoms with Gasteiger partial charge in [0.25, 0.3) is 0 Å². The predicted octanol–water partition coefficient (Wildman–Crippen LogP) is 4.26. The average molecular weight is 393 g/mol. The van der Waals surface area contributed by atoms with Crippen molar-refractivity contribution in [1.82, 2.24) is 19.8 Å². The highest BCUT2D eigenvalue weighted by Gasteiger charge is 2.40. The van der Waals surface area contributed by atoms with Gasteiger partial charge in [-0.05, 0) is 67.2 Å². The SMILES string of the molecule is CCCN1C(=S)N[C@@H](c2ccccn2)[C@H]1c1cccn1-c1ccc(OC)cc1. The van der Waals surface area contributed by atoms with Crippen LogP contribution in [0.5, 0.6) is 5.75 Å². The van der Waals surface area contributed by atoms with E-state index in [1.54, 1.807) is 7.11 Å². The number of benzene rings is 1. The molecule has 1 N–H and O–H groups in total. The van der Waals surface area contributed by atoms with Gasteiger partial charge in [0, 0.05) is 30.3 Å². The van der Waals surface area contributed by atoms with Crippen LogP contribution in [0.2, 0.25) is 0 Å². The van der Waals surface area contributed by atoms with Crippen LogP contribution in [0.3, 0.4) is 0 Å². The van der Waals surface area contributed by atoms with Gasteiger partial charge < -0.3 is 19.5 Å². The van der Waals surface area contributed by atoms with E-state index < -0.39 is 0 Å². The van der Waals surface area contributed by atoms with Gasteiger partial charge in [0.1, 0.15) is 5.75 Å². The maximum atomic E-state index is 5.69. The number of methoxy groups -OCH3 is 1. The second-order valence-corrected chi connectivity index (χ2v) is 7.21. The number of rotatable bonds is 6. The lowest BCUT2D eigenvalue weighted by Gasteiger charge is -2.28. The van der Waals surface area contributed by atoms with Crippen LogP contribution in [0.15, 0.2) is 67.0 Å². The van der Waals surface area contributed by atoms with Crippen molar-refractivity contribution in [2.75, 3.05) is 13.7 Å². The molecule has 1 saturated heterocycles. The Labute approximate surface area is 171 Å². The van der Waals surface area contributed by atoms with E-state index in [2.05, 4.69) is 63.2 Å². The van der Waals surface area contributed by atoms with Crippen molar-refractivity contribution in [3.05, 3.63) is 78.4 Å². The largest absolute Gasteiger partial charge is 0.497 e. The lowest BCUT2D eigenvalue weighted by Crippen LogP contribution is -2.31. The highest BCUT2D eigenvalue weighted by atomic mass is 32.1. The Balaban J connectivity index is 1.77. The van der Waals surface area contributed by atoms with Gasteiger partial charge in [0.05, 0.1) is 24.9 Å². The highest BCUT2D eigenvalue weighted by Crippen LogP contribution is 2.39. The molecule has 0 amide bonds. The minimum absolute atomic E-state index is 0.00662. The first-order valence-corrected chi connectivity index (χ1v) is 9.93. The van der Waals surface area contributed by atoms with Crippen LogP contribution in [0.1, 0.15) is 36.8 Å². The van der Waals surface area contributed by atoms with Crippen LogP contribution in [-0.2, 0) is 0 Å². The summed E-state index contributed by atoms with van der Waals surface area (Å²) in [4.78, 5) is 6.88. The first kappa shape index (κ1) is 18.5. The lowest BCUT2D eigenvalue weighted by atomic mass is 10.0. The van der Waals surface area contributed by atoms with Crippen LogP contribution in [0, 0.1) is 0 Å². The van der Waals surface area contributed by atoms with Gasteiger partial charge in [-0.2, -0.15) is 0 Å². The minimum Gasteiger partial charge on any atom is -0.497 e. The van der Waals surface area contributed by atoms with Crippen molar-refractivity contribution in [2.45, 2.75) is 25.4 Å². The van der Waals surface area contributed by atoms with Crippen LogP contribution in [-0.4, -0.2) is 33.2 Å². The molecule has 4 rings (SSSR count). The van der Waals surface area contributed by atoms with Gasteiger partial charge in [-0.3, -0.25) is 4.98 Å². The van der Waals surface area contributed by atoms with E-state index in [9.17, 15) is 0 Å². The molecule has 144 valence electrons. The molecule has 28 heavy (non-hydrogen) atoms. The molecule has 0 radical (unpaired) electrons. The fraction of sp³-hybridized carbons (Fsp3) is 0.273. The Morgan fingerprint density at radius 2 is 1.93 bits per heavy atom. The molecule has 0 saturated carbocycles. The van der Waals surface area contributed by atoms with E-state index in [-0.39, 0.29) is 12.1 Å². The van der Waals surface area contributed by atoms with Crippen molar-refractivity contribution in [1.29, 1.82) is 0 Å². The Morgan fingerprint density at radius 1 is 1.11 bits per heavy atom. The Kier molecular flexibility index (Phi) is 5.30. The first-order valence-electron chi connectivity index (χ1n) is 9.52. The zero-order valence-corrected chi connectivity index (χ0v) is 16.9. The predicted molar refractivity (Wildman–Crippen MR) is 115 cm³/mol. The zero-order valence-electron chi connectivity index (χ0n) is 16.1. The third-order valence-corrected chi connectivity index (χ3v) is 5.45. The molecule has 1 aromatic carbocycles. The fourth-order valence-electron chi connectivity index (χ4n) is 3.82. The van der Waals surface area contributed by atoms with E-state index in [4.69, 9.17) is 17.0 Å². The second kappa shape index (κ2) is 8.02. The van der Waals surface area contributed by atoms with Gasteiger partial charge in [-0.25, -0.2) is 0 Å². The van der Waals surface area contributed by atoms with Crippen LogP contribution < -0.4 is 10.1 Å². The summed E-state index contributed by atoms with van der Waals surface area (Å²) in [5, 5.41) is 4.28. The zero-order chi connectivity index (χ0) is 19.5. The quantitative estimate of drug-likeness (QED) is 0.635. The number of hydrogen-bond donors (Lipinski definition) is 1. The number of pyridine rings is 1. The van der Waals surface area contributed by atoms with E-state index in [0.717, 1.165) is 35.2 Å². The maximum absolute atomic E-state index is 5.69. The topological polar surface area (TPSA) is 42.3 Å². The monoisotopic (exact) mass is 392 g/mol. The highest BCUT2D eigenvalue weighted by molar-refractivity contribution is 7.80. The average Bonchev–Trinajstić information content (AvgIpc) is 3.34. The number of nitrogens with one attached hydrogen (secondary N) is 1. The smallest absolute Gasteiger partial charge is 0.170 e. The molecule has 5 nitrogen and oxygen atoms in total. The second-order valence-electron chi connectivity index (χ2n) is 6.82. The fourth-order valence-corrected chi connectivity index (χ4v) is 4.15. The number of aromatic nitrogens is 2. The van der Waals surface area contributed by atoms with Gasteiger partial charge in [-0.1, -0.05) is 13.0 Å². The third kappa shape index (κ3) is 3.36. The molecule has 6 heteroatoms. The Hall–Kier alpha value is -2.86. The summed E-state index contributed by atoms with van der Waals surface area (Å²) in [5.41, 5.74) is 3.27. The molecular formula is C22H24N4OS. The van der Waals surface area contributed by atoms with Crippen molar-refractivity contribution >= 4 is 17.3 Å². The van der Waals surface area contributed by atoms with Crippen LogP contribution in [0.4, 0.5) is 0 Å². The number of nitrogens with zero attached hydrogens (tertiary/aromatic N) is 3. The first-order chi connectivity index (χ1) is 13.7. The lowest BCUT2D eigenvalue weighted by molar-refractivity contribution is 0.309. The molecular weight excluding hydrogens is 368 g/mol. The summed E-state index contributed by atoms with van der Waals surface area (Å²) in [6.45, 7) is 3.07. The standard InChI is InChI=1S/C22H24N4OS/c1-3-14-26-21(20(24-22(26)28)18-7-4-5-13-23-18)19-8-6-15-25(19)16-9-11-17(27-2)12-10-16/h4-13,15,20-21H,3,14H2,1-2H3,(H,24,28)/t20-,21+/m0/s1. The number of thiocarbonyl (C=S) groups is 1. The molecule has 0 bridgehead atoms. The van der Waals surface area contributed by atoms with Crippen molar-refractivity contribution in [2.24, 2.45) is 0 Å². The van der Waals surface area contributed by atoms with Gasteiger partial charge in [-0.15, -0.1) is 0 Å². The molecule has 1 fully saturated rings. The number of hydrogen-bond acceptors (Lipinski definition) is 3. The summed E-state index contributed by atoms with van der Waals surface area (Å²) in [6.07, 6.45) is 4.96. The normalized spacial score (nSPS) is 18.9. The summed E-state index contributed by atoms with van der Waals surface area (Å²) in [5.74, 6) is 0.847. The molecule has 0 spiro atoms. The van der Waals surface area contributed by atoms with Gasteiger partial charge >= 0.3 is 0 Å². The molecule has 2 aromatic heterocycles. The third-order valence-electron chi connectivity index (χ3n) is 5.10. The summed E-state index contributed by atoms with van der Waals surface area (Å²) in [6, 6.07) is 18.5. The van der Waals surface area contributed by atoms with Gasteiger partial charge in [0.15, 0.2) is 5.11 Å². The van der Waals surface area contributed by atoms with E-state index in [1.807, 2.05) is 30.5 Å². The molecule has 1 aliphatic heterocycles. The Morgan fingerprint density at radius 3 is 2.61 bits per heavy atom. The minimum atomic E-state index is 0.00662. The molecule has 3 heterocycles. The van der Waals surface area contributed by atoms with E-state index >= 15 is 0 Å². The summed E-state index contributed by atoms with van der Waals surface area (Å²) >= 11 is 5.69. The van der Waals surface area contributed by atoms with Crippen LogP contribution >= 0.6 is 12.2 Å². The van der Waals surface area contributed by atoms with E-state index in [0.29, 0.717) is 0 Å². The van der Waals surface area contributed by atoms with Crippen molar-refractivity contribution in [3.8, 4) is 11.4 Å². The molecule has 1 aliphatic rings.